The van der Waals surface area contributed by atoms with E-state index in [0.29, 0.717) is 37.6 Å². The second-order valence-corrected chi connectivity index (χ2v) is 6.91. The van der Waals surface area contributed by atoms with Crippen LogP contribution in [0.15, 0.2) is 18.2 Å². The van der Waals surface area contributed by atoms with Crippen molar-refractivity contribution in [3.05, 3.63) is 24.0 Å². The molecule has 178 valence electrons. The molecule has 2 heterocycles. The zero-order chi connectivity index (χ0) is 24.1. The monoisotopic (exact) mass is 466 g/mol. The number of rotatable bonds is 4. The van der Waals surface area contributed by atoms with E-state index in [-0.39, 0.29) is 19.0 Å². The summed E-state index contributed by atoms with van der Waals surface area (Å²) in [5.74, 6) is -3.16. The predicted octanol–water partition coefficient (Wildman–Crippen LogP) is 1.43. The molecule has 0 radical (unpaired) electrons. The van der Waals surface area contributed by atoms with E-state index in [0.717, 1.165) is 0 Å². The van der Waals surface area contributed by atoms with Gasteiger partial charge in [0.1, 0.15) is 11.9 Å². The quantitative estimate of drug-likeness (QED) is 0.450. The van der Waals surface area contributed by atoms with Crippen molar-refractivity contribution in [3.8, 4) is 0 Å². The number of halogens is 4. The van der Waals surface area contributed by atoms with Crippen LogP contribution in [0.25, 0.3) is 0 Å². The molecule has 0 unspecified atom stereocenters. The van der Waals surface area contributed by atoms with Crippen LogP contribution < -0.4 is 15.3 Å². The van der Waals surface area contributed by atoms with Gasteiger partial charge in [0, 0.05) is 33.1 Å². The Balaban J connectivity index is 0.000000451. The number of ether oxygens (including phenoxy) is 1. The van der Waals surface area contributed by atoms with E-state index in [2.05, 4.69) is 0 Å². The van der Waals surface area contributed by atoms with Gasteiger partial charge in [-0.25, -0.2) is 19.5 Å². The predicted molar refractivity (Wildman–Crippen MR) is 102 cm³/mol. The fourth-order valence-corrected chi connectivity index (χ4v) is 3.12. The summed E-state index contributed by atoms with van der Waals surface area (Å²) in [6.07, 6.45) is -6.14. The topological polar surface area (TPSA) is 123 Å². The molecule has 2 aliphatic rings. The Morgan fingerprint density at radius 1 is 1.22 bits per heavy atom. The molecule has 2 saturated heterocycles. The summed E-state index contributed by atoms with van der Waals surface area (Å²) >= 11 is 0. The first-order valence-corrected chi connectivity index (χ1v) is 9.39. The molecule has 0 aliphatic carbocycles. The summed E-state index contributed by atoms with van der Waals surface area (Å²) in [4.78, 5) is 37.1. The van der Waals surface area contributed by atoms with E-state index in [1.807, 2.05) is 10.4 Å². The number of hydrogen-bond donors (Lipinski definition) is 3. The van der Waals surface area contributed by atoms with Gasteiger partial charge in [-0.05, 0) is 18.2 Å². The van der Waals surface area contributed by atoms with Crippen LogP contribution in [-0.4, -0.2) is 84.7 Å². The second-order valence-electron chi connectivity index (χ2n) is 6.91. The number of hydroxylamine groups is 1. The Morgan fingerprint density at radius 3 is 2.28 bits per heavy atom. The number of alkyl halides is 3. The average Bonchev–Trinajstić information content (AvgIpc) is 3.08. The van der Waals surface area contributed by atoms with Crippen molar-refractivity contribution in [2.24, 2.45) is 0 Å². The number of carboxylic acids is 1. The van der Waals surface area contributed by atoms with Gasteiger partial charge in [0.15, 0.2) is 0 Å². The number of piperazine rings is 1. The van der Waals surface area contributed by atoms with Crippen molar-refractivity contribution in [2.75, 3.05) is 49.1 Å². The van der Waals surface area contributed by atoms with Crippen molar-refractivity contribution >= 4 is 29.3 Å². The minimum Gasteiger partial charge on any atom is -0.475 e. The van der Waals surface area contributed by atoms with Crippen LogP contribution in [0, 0.1) is 5.82 Å². The number of nitrogens with zero attached hydrogens (tertiary/aromatic N) is 3. The number of carboxylic acid groups (broad SMARTS) is 1. The number of anilines is 2. The van der Waals surface area contributed by atoms with Crippen LogP contribution in [-0.2, 0) is 14.3 Å². The number of aliphatic carboxylic acids is 1. The zero-order valence-corrected chi connectivity index (χ0v) is 16.9. The van der Waals surface area contributed by atoms with Crippen LogP contribution in [0.4, 0.5) is 33.7 Å². The third-order valence-electron chi connectivity index (χ3n) is 4.74. The number of cyclic esters (lactones) is 1. The van der Waals surface area contributed by atoms with Gasteiger partial charge < -0.3 is 24.9 Å². The fraction of sp³-hybridized carbons (Fsp3) is 0.500. The van der Waals surface area contributed by atoms with Gasteiger partial charge in [-0.3, -0.25) is 9.69 Å². The van der Waals surface area contributed by atoms with E-state index in [1.54, 1.807) is 17.0 Å². The summed E-state index contributed by atoms with van der Waals surface area (Å²) in [5, 5.41) is 15.8. The highest BCUT2D eigenvalue weighted by molar-refractivity contribution is 5.90. The van der Waals surface area contributed by atoms with Crippen molar-refractivity contribution in [3.63, 3.8) is 0 Å². The average molecular weight is 466 g/mol. The SMILES string of the molecule is CC(=O)N1CCN(c2ccc(N3C[C@H](CNO)OC3=O)cc2F)CC1.O=C(O)C(F)(F)F. The molecule has 2 fully saturated rings. The van der Waals surface area contributed by atoms with Crippen molar-refractivity contribution in [2.45, 2.75) is 19.2 Å². The van der Waals surface area contributed by atoms with Crippen LogP contribution in [0.3, 0.4) is 0 Å². The lowest BCUT2D eigenvalue weighted by atomic mass is 10.2. The first kappa shape index (κ1) is 25.1. The van der Waals surface area contributed by atoms with Crippen LogP contribution in [0.1, 0.15) is 6.92 Å². The smallest absolute Gasteiger partial charge is 0.475 e. The molecule has 3 N–H and O–H groups in total. The summed E-state index contributed by atoms with van der Waals surface area (Å²) in [7, 11) is 0. The highest BCUT2D eigenvalue weighted by atomic mass is 19.4. The third-order valence-corrected chi connectivity index (χ3v) is 4.74. The summed E-state index contributed by atoms with van der Waals surface area (Å²) in [6.45, 7) is 4.12. The largest absolute Gasteiger partial charge is 0.490 e. The van der Waals surface area contributed by atoms with Crippen molar-refractivity contribution < 1.29 is 47.0 Å². The molecule has 10 nitrogen and oxygen atoms in total. The summed E-state index contributed by atoms with van der Waals surface area (Å²) < 4.78 is 51.4. The molecule has 0 spiro atoms. The number of amides is 2. The van der Waals surface area contributed by atoms with Gasteiger partial charge in [-0.1, -0.05) is 0 Å². The lowest BCUT2D eigenvalue weighted by Gasteiger charge is -2.35. The molecule has 0 saturated carbocycles. The van der Waals surface area contributed by atoms with Crippen LogP contribution >= 0.6 is 0 Å². The Bertz CT molecular complexity index is 845. The van der Waals surface area contributed by atoms with E-state index < -0.39 is 30.2 Å². The molecule has 32 heavy (non-hydrogen) atoms. The maximum atomic E-state index is 14.6. The molecular formula is C18H22F4N4O6. The van der Waals surface area contributed by atoms with E-state index in [1.165, 1.54) is 17.9 Å². The molecule has 1 aromatic carbocycles. The van der Waals surface area contributed by atoms with Crippen molar-refractivity contribution in [1.82, 2.24) is 10.4 Å². The van der Waals surface area contributed by atoms with Gasteiger partial charge in [0.2, 0.25) is 5.91 Å². The van der Waals surface area contributed by atoms with Crippen molar-refractivity contribution in [1.29, 1.82) is 0 Å². The van der Waals surface area contributed by atoms with Gasteiger partial charge in [0.05, 0.1) is 24.5 Å². The Labute approximate surface area is 179 Å². The van der Waals surface area contributed by atoms with Crippen LogP contribution in [0.5, 0.6) is 0 Å². The number of carbonyl (C=O) groups excluding carboxylic acids is 2. The van der Waals surface area contributed by atoms with Gasteiger partial charge in [0.25, 0.3) is 0 Å². The molecule has 14 heteroatoms. The zero-order valence-electron chi connectivity index (χ0n) is 16.9. The Morgan fingerprint density at radius 2 is 1.81 bits per heavy atom. The normalized spacial score (nSPS) is 18.8. The summed E-state index contributed by atoms with van der Waals surface area (Å²) in [5.41, 5.74) is 2.83. The molecule has 3 rings (SSSR count). The maximum Gasteiger partial charge on any atom is 0.490 e. The number of benzene rings is 1. The van der Waals surface area contributed by atoms with Gasteiger partial charge in [-0.2, -0.15) is 13.2 Å². The summed E-state index contributed by atoms with van der Waals surface area (Å²) in [6, 6.07) is 4.62. The highest BCUT2D eigenvalue weighted by Crippen LogP contribution is 2.28. The number of hydrogen-bond acceptors (Lipinski definition) is 7. The lowest BCUT2D eigenvalue weighted by molar-refractivity contribution is -0.192. The molecule has 0 aromatic heterocycles. The Kier molecular flexibility index (Phi) is 8.21. The van der Waals surface area contributed by atoms with E-state index >= 15 is 0 Å². The van der Waals surface area contributed by atoms with Gasteiger partial charge in [-0.15, -0.1) is 0 Å². The standard InChI is InChI=1S/C16H21FN4O4.C2HF3O2/c1-11(22)19-4-6-20(7-5-19)15-3-2-12(8-14(15)17)21-10-13(9-18-24)25-16(21)23;3-2(4,5)1(6)7/h2-3,8,13,18,24H,4-7,9-10H2,1H3;(H,6,7)/t13-;/m0./s1. The maximum absolute atomic E-state index is 14.6. The minimum atomic E-state index is -5.08. The first-order chi connectivity index (χ1) is 14.9. The van der Waals surface area contributed by atoms with Crippen LogP contribution in [0.2, 0.25) is 0 Å². The molecule has 2 amide bonds. The van der Waals surface area contributed by atoms with E-state index in [4.69, 9.17) is 19.8 Å². The molecule has 1 aromatic rings. The highest BCUT2D eigenvalue weighted by Gasteiger charge is 2.38. The molecular weight excluding hydrogens is 444 g/mol. The third kappa shape index (κ3) is 6.43. The number of carbonyl (C=O) groups is 3. The molecule has 2 aliphatic heterocycles. The fourth-order valence-electron chi connectivity index (χ4n) is 3.12. The lowest BCUT2D eigenvalue weighted by Crippen LogP contribution is -2.48. The molecule has 0 bridgehead atoms. The second kappa shape index (κ2) is 10.5. The number of nitrogens with one attached hydrogen (secondary N) is 1. The van der Waals surface area contributed by atoms with Gasteiger partial charge >= 0.3 is 18.2 Å². The van der Waals surface area contributed by atoms with E-state index in [9.17, 15) is 27.2 Å². The molecule has 1 atom stereocenters. The first-order valence-electron chi connectivity index (χ1n) is 9.39. The minimum absolute atomic E-state index is 0.0231. The Hall–Kier alpha value is -3.13.